The first-order chi connectivity index (χ1) is 8.70. The van der Waals surface area contributed by atoms with Gasteiger partial charge in [0.15, 0.2) is 6.61 Å². The van der Waals surface area contributed by atoms with Gasteiger partial charge in [0.2, 0.25) is 5.78 Å². The van der Waals surface area contributed by atoms with Crippen LogP contribution < -0.4 is 4.74 Å². The zero-order chi connectivity index (χ0) is 13.0. The maximum Gasteiger partial charge on any atom is 0.218 e. The summed E-state index contributed by atoms with van der Waals surface area (Å²) in [7, 11) is 0. The maximum atomic E-state index is 11.9. The summed E-state index contributed by atoms with van der Waals surface area (Å²) in [6.45, 7) is 2.59. The molecule has 0 amide bonds. The Balaban J connectivity index is 1.98. The van der Waals surface area contributed by atoms with Gasteiger partial charge in [0.1, 0.15) is 11.4 Å². The smallest absolute Gasteiger partial charge is 0.218 e. The molecule has 0 saturated heterocycles. The highest BCUT2D eigenvalue weighted by Gasteiger charge is 2.11. The molecular formula is C13H13ClN2O2. The Morgan fingerprint density at radius 2 is 2.06 bits per heavy atom. The highest BCUT2D eigenvalue weighted by atomic mass is 35.5. The second-order valence-electron chi connectivity index (χ2n) is 3.70. The lowest BCUT2D eigenvalue weighted by Crippen LogP contribution is -2.16. The molecule has 0 spiro atoms. The number of hydrogen-bond acceptors (Lipinski definition) is 3. The van der Waals surface area contributed by atoms with Crippen LogP contribution in [-0.4, -0.2) is 22.2 Å². The highest BCUT2D eigenvalue weighted by molar-refractivity contribution is 6.30. The van der Waals surface area contributed by atoms with Crippen LogP contribution in [-0.2, 0) is 6.54 Å². The fourth-order valence-electron chi connectivity index (χ4n) is 1.58. The van der Waals surface area contributed by atoms with Gasteiger partial charge in [0.05, 0.1) is 0 Å². The number of benzene rings is 1. The summed E-state index contributed by atoms with van der Waals surface area (Å²) in [5.41, 5.74) is 0.562. The van der Waals surface area contributed by atoms with Crippen LogP contribution >= 0.6 is 11.6 Å². The van der Waals surface area contributed by atoms with Crippen LogP contribution in [0.4, 0.5) is 0 Å². The molecule has 0 unspecified atom stereocenters. The molecule has 0 radical (unpaired) electrons. The molecule has 0 N–H and O–H groups in total. The molecule has 0 aliphatic heterocycles. The van der Waals surface area contributed by atoms with Crippen LogP contribution in [0.2, 0.25) is 5.02 Å². The zero-order valence-corrected chi connectivity index (χ0v) is 10.7. The predicted molar refractivity (Wildman–Crippen MR) is 69.2 cm³/mol. The number of aromatic nitrogens is 2. The van der Waals surface area contributed by atoms with E-state index < -0.39 is 0 Å². The first-order valence-electron chi connectivity index (χ1n) is 5.64. The third kappa shape index (κ3) is 2.90. The average Bonchev–Trinajstić information content (AvgIpc) is 2.86. The molecule has 5 heteroatoms. The van der Waals surface area contributed by atoms with Crippen molar-refractivity contribution in [3.8, 4) is 5.75 Å². The van der Waals surface area contributed by atoms with Gasteiger partial charge in [-0.2, -0.15) is 5.10 Å². The lowest BCUT2D eigenvalue weighted by Gasteiger charge is -2.06. The van der Waals surface area contributed by atoms with Crippen LogP contribution in [0.5, 0.6) is 5.75 Å². The van der Waals surface area contributed by atoms with Crippen molar-refractivity contribution in [2.24, 2.45) is 0 Å². The summed E-state index contributed by atoms with van der Waals surface area (Å²) < 4.78 is 7.04. The van der Waals surface area contributed by atoms with Crippen molar-refractivity contribution in [2.75, 3.05) is 6.61 Å². The number of ether oxygens (including phenoxy) is 1. The van der Waals surface area contributed by atoms with Crippen LogP contribution in [0.1, 0.15) is 17.4 Å². The molecule has 0 bridgehead atoms. The number of hydrogen-bond donors (Lipinski definition) is 0. The fourth-order valence-corrected chi connectivity index (χ4v) is 1.70. The van der Waals surface area contributed by atoms with Gasteiger partial charge in [-0.1, -0.05) is 11.6 Å². The van der Waals surface area contributed by atoms with Crippen molar-refractivity contribution in [3.63, 3.8) is 0 Å². The average molecular weight is 265 g/mol. The van der Waals surface area contributed by atoms with E-state index in [1.165, 1.54) is 0 Å². The van der Waals surface area contributed by atoms with Crippen LogP contribution in [0.15, 0.2) is 36.5 Å². The minimum Gasteiger partial charge on any atom is -0.485 e. The fraction of sp³-hybridized carbons (Fsp3) is 0.231. The summed E-state index contributed by atoms with van der Waals surface area (Å²) in [6, 6.07) is 8.59. The standard InChI is InChI=1S/C13H13ClN2O2/c1-2-16-12(7-8-15-16)13(17)9-18-11-5-3-10(14)4-6-11/h3-8H,2,9H2,1H3. The number of aryl methyl sites for hydroxylation is 1. The summed E-state index contributed by atoms with van der Waals surface area (Å²) in [6.07, 6.45) is 1.61. The number of halogens is 1. The minimum atomic E-state index is -0.0932. The van der Waals surface area contributed by atoms with E-state index in [2.05, 4.69) is 5.10 Å². The van der Waals surface area contributed by atoms with E-state index in [1.54, 1.807) is 41.2 Å². The molecule has 18 heavy (non-hydrogen) atoms. The highest BCUT2D eigenvalue weighted by Crippen LogP contribution is 2.15. The van der Waals surface area contributed by atoms with E-state index in [0.29, 0.717) is 23.0 Å². The normalized spacial score (nSPS) is 10.3. The lowest BCUT2D eigenvalue weighted by atomic mass is 10.3. The molecule has 4 nitrogen and oxygen atoms in total. The van der Waals surface area contributed by atoms with E-state index in [1.807, 2.05) is 6.92 Å². The molecule has 0 fully saturated rings. The topological polar surface area (TPSA) is 44.1 Å². The molecule has 1 heterocycles. The lowest BCUT2D eigenvalue weighted by molar-refractivity contribution is 0.0911. The SMILES string of the molecule is CCn1nccc1C(=O)COc1ccc(Cl)cc1. The van der Waals surface area contributed by atoms with Crippen molar-refractivity contribution in [2.45, 2.75) is 13.5 Å². The van der Waals surface area contributed by atoms with Crippen molar-refractivity contribution in [1.29, 1.82) is 0 Å². The molecule has 1 aromatic heterocycles. The summed E-state index contributed by atoms with van der Waals surface area (Å²) in [4.78, 5) is 11.9. The second kappa shape index (κ2) is 5.69. The molecule has 0 saturated carbocycles. The van der Waals surface area contributed by atoms with Gasteiger partial charge in [-0.05, 0) is 37.3 Å². The number of carbonyl (C=O) groups excluding carboxylic acids is 1. The predicted octanol–water partition coefficient (Wildman–Crippen LogP) is 2.82. The van der Waals surface area contributed by atoms with Gasteiger partial charge in [0.25, 0.3) is 0 Å². The number of Topliss-reactive ketones (excluding diaryl/α,β-unsaturated/α-hetero) is 1. The number of carbonyl (C=O) groups is 1. The van der Waals surface area contributed by atoms with E-state index in [4.69, 9.17) is 16.3 Å². The Bertz CT molecular complexity index is 534. The second-order valence-corrected chi connectivity index (χ2v) is 4.13. The van der Waals surface area contributed by atoms with Gasteiger partial charge in [-0.15, -0.1) is 0 Å². The Kier molecular flexibility index (Phi) is 3.99. The van der Waals surface area contributed by atoms with E-state index >= 15 is 0 Å². The van der Waals surface area contributed by atoms with E-state index in [0.717, 1.165) is 0 Å². The van der Waals surface area contributed by atoms with Gasteiger partial charge in [0, 0.05) is 17.8 Å². The molecular weight excluding hydrogens is 252 g/mol. The first kappa shape index (κ1) is 12.6. The van der Waals surface area contributed by atoms with Crippen LogP contribution in [0.25, 0.3) is 0 Å². The molecule has 0 aliphatic rings. The van der Waals surface area contributed by atoms with E-state index in [-0.39, 0.29) is 12.4 Å². The molecule has 0 aliphatic carbocycles. The quantitative estimate of drug-likeness (QED) is 0.780. The largest absolute Gasteiger partial charge is 0.485 e. The maximum absolute atomic E-state index is 11.9. The molecule has 0 atom stereocenters. The minimum absolute atomic E-state index is 0.00662. The summed E-state index contributed by atoms with van der Waals surface area (Å²) in [5, 5.41) is 4.68. The zero-order valence-electron chi connectivity index (χ0n) is 9.97. The van der Waals surface area contributed by atoms with Crippen molar-refractivity contribution >= 4 is 17.4 Å². The Hall–Kier alpha value is -1.81. The first-order valence-corrected chi connectivity index (χ1v) is 6.02. The van der Waals surface area contributed by atoms with Gasteiger partial charge in [-0.3, -0.25) is 9.48 Å². The summed E-state index contributed by atoms with van der Waals surface area (Å²) >= 11 is 5.76. The number of ketones is 1. The monoisotopic (exact) mass is 264 g/mol. The molecule has 1 aromatic carbocycles. The Morgan fingerprint density at radius 1 is 1.33 bits per heavy atom. The Morgan fingerprint density at radius 3 is 2.72 bits per heavy atom. The third-order valence-corrected chi connectivity index (χ3v) is 2.74. The van der Waals surface area contributed by atoms with Crippen molar-refractivity contribution < 1.29 is 9.53 Å². The molecule has 2 aromatic rings. The van der Waals surface area contributed by atoms with E-state index in [9.17, 15) is 4.79 Å². The van der Waals surface area contributed by atoms with Crippen molar-refractivity contribution in [3.05, 3.63) is 47.2 Å². The number of nitrogens with zero attached hydrogens (tertiary/aromatic N) is 2. The van der Waals surface area contributed by atoms with Gasteiger partial charge in [-0.25, -0.2) is 0 Å². The van der Waals surface area contributed by atoms with Gasteiger partial charge >= 0.3 is 0 Å². The van der Waals surface area contributed by atoms with Gasteiger partial charge < -0.3 is 4.74 Å². The van der Waals surface area contributed by atoms with Crippen molar-refractivity contribution in [1.82, 2.24) is 9.78 Å². The van der Waals surface area contributed by atoms with Crippen LogP contribution in [0.3, 0.4) is 0 Å². The van der Waals surface area contributed by atoms with Crippen LogP contribution in [0, 0.1) is 0 Å². The number of rotatable bonds is 5. The Labute approximate surface area is 110 Å². The third-order valence-electron chi connectivity index (χ3n) is 2.49. The molecule has 94 valence electrons. The summed E-state index contributed by atoms with van der Waals surface area (Å²) in [5.74, 6) is 0.527. The molecule has 2 rings (SSSR count).